The number of nitrogens with zero attached hydrogens (tertiary/aromatic N) is 1. The molecular weight excluding hydrogens is 349 g/mol. The van der Waals surface area contributed by atoms with E-state index < -0.39 is 0 Å². The Morgan fingerprint density at radius 1 is 0.960 bits per heavy atom. The maximum absolute atomic E-state index is 13.0. The summed E-state index contributed by atoms with van der Waals surface area (Å²) in [5, 5.41) is 0. The summed E-state index contributed by atoms with van der Waals surface area (Å²) in [6, 6.07) is 15.7. The lowest BCUT2D eigenvalue weighted by Crippen LogP contribution is -2.32. The summed E-state index contributed by atoms with van der Waals surface area (Å²) in [5.41, 5.74) is 3.32. The molecule has 0 unspecified atom stereocenters. The number of thiocarbonyl (C=S) groups is 1. The largest absolute Gasteiger partial charge is 0.349 e. The van der Waals surface area contributed by atoms with Gasteiger partial charge in [0.1, 0.15) is 10.1 Å². The van der Waals surface area contributed by atoms with Crippen molar-refractivity contribution in [3.63, 3.8) is 0 Å². The van der Waals surface area contributed by atoms with Crippen LogP contribution in [-0.2, 0) is 0 Å². The molecule has 4 rings (SSSR count). The van der Waals surface area contributed by atoms with Gasteiger partial charge in [-0.3, -0.25) is 0 Å². The first-order valence-corrected chi connectivity index (χ1v) is 9.96. The van der Waals surface area contributed by atoms with Gasteiger partial charge >= 0.3 is 0 Å². The van der Waals surface area contributed by atoms with Gasteiger partial charge in [0.25, 0.3) is 0 Å². The molecule has 0 atom stereocenters. The molecule has 0 amide bonds. The molecule has 0 bridgehead atoms. The van der Waals surface area contributed by atoms with Crippen LogP contribution in [0.25, 0.3) is 17.2 Å². The highest BCUT2D eigenvalue weighted by Gasteiger charge is 2.30. The van der Waals surface area contributed by atoms with E-state index in [1.165, 1.54) is 48.3 Å². The molecule has 0 spiro atoms. The van der Waals surface area contributed by atoms with Crippen molar-refractivity contribution in [3.8, 4) is 11.1 Å². The van der Waals surface area contributed by atoms with Crippen molar-refractivity contribution >= 4 is 34.4 Å². The Bertz CT molecular complexity index is 790. The summed E-state index contributed by atoms with van der Waals surface area (Å²) in [6.45, 7) is 0.952. The van der Waals surface area contributed by atoms with Crippen molar-refractivity contribution < 1.29 is 4.39 Å². The van der Waals surface area contributed by atoms with Crippen LogP contribution < -0.4 is 0 Å². The van der Waals surface area contributed by atoms with E-state index in [4.69, 9.17) is 12.2 Å². The van der Waals surface area contributed by atoms with Gasteiger partial charge in [-0.1, -0.05) is 73.2 Å². The molecule has 1 aliphatic heterocycles. The zero-order valence-electron chi connectivity index (χ0n) is 14.0. The fraction of sp³-hybridized carbons (Fsp3) is 0.286. The van der Waals surface area contributed by atoms with Crippen molar-refractivity contribution in [2.45, 2.75) is 31.7 Å². The number of thioether (sulfide) groups is 1. The highest BCUT2D eigenvalue weighted by atomic mass is 32.2. The van der Waals surface area contributed by atoms with Crippen LogP contribution in [0, 0.1) is 5.82 Å². The molecule has 0 aromatic heterocycles. The molecule has 2 fully saturated rings. The Morgan fingerprint density at radius 3 is 2.20 bits per heavy atom. The zero-order chi connectivity index (χ0) is 17.2. The molecule has 1 heterocycles. The van der Waals surface area contributed by atoms with Gasteiger partial charge < -0.3 is 4.90 Å². The molecule has 1 saturated heterocycles. The predicted octanol–water partition coefficient (Wildman–Crippen LogP) is 6.11. The van der Waals surface area contributed by atoms with Crippen LogP contribution in [0.4, 0.5) is 4.39 Å². The van der Waals surface area contributed by atoms with E-state index in [-0.39, 0.29) is 5.82 Å². The minimum absolute atomic E-state index is 0.203. The van der Waals surface area contributed by atoms with Crippen LogP contribution in [0.3, 0.4) is 0 Å². The lowest BCUT2D eigenvalue weighted by molar-refractivity contribution is 0.357. The fourth-order valence-corrected chi connectivity index (χ4v) is 5.09. The highest BCUT2D eigenvalue weighted by molar-refractivity contribution is 8.25. The monoisotopic (exact) mass is 369 g/mol. The molecule has 0 N–H and O–H groups in total. The molecule has 1 aliphatic carbocycles. The summed E-state index contributed by atoms with van der Waals surface area (Å²) in [6.07, 6.45) is 7.46. The van der Waals surface area contributed by atoms with Crippen molar-refractivity contribution in [2.75, 3.05) is 6.54 Å². The Labute approximate surface area is 157 Å². The van der Waals surface area contributed by atoms with E-state index in [1.807, 2.05) is 12.1 Å². The molecule has 2 aliphatic rings. The number of rotatable bonds is 3. The topological polar surface area (TPSA) is 3.24 Å². The number of halogens is 1. The fourth-order valence-electron chi connectivity index (χ4n) is 3.60. The van der Waals surface area contributed by atoms with Gasteiger partial charge in [-0.05, 0) is 47.7 Å². The molecule has 1 saturated carbocycles. The van der Waals surface area contributed by atoms with Crippen molar-refractivity contribution in [3.05, 3.63) is 64.8 Å². The normalized spacial score (nSPS) is 20.0. The van der Waals surface area contributed by atoms with Gasteiger partial charge in [0.2, 0.25) is 0 Å². The standard InChI is InChI=1S/C21H20FNS2/c22-18-11-9-17(10-12-18)16-7-5-15(6-8-16)13-20-14-23(21(24)25-20)19-3-1-2-4-19/h5-13,19H,1-4,14H2. The molecule has 25 heavy (non-hydrogen) atoms. The highest BCUT2D eigenvalue weighted by Crippen LogP contribution is 2.36. The first kappa shape index (κ1) is 16.8. The van der Waals surface area contributed by atoms with E-state index in [9.17, 15) is 4.39 Å². The molecule has 128 valence electrons. The minimum Gasteiger partial charge on any atom is -0.349 e. The molecule has 1 nitrogen and oxygen atoms in total. The lowest BCUT2D eigenvalue weighted by atomic mass is 10.0. The third-order valence-electron chi connectivity index (χ3n) is 4.96. The van der Waals surface area contributed by atoms with Gasteiger partial charge in [0, 0.05) is 10.9 Å². The minimum atomic E-state index is -0.203. The van der Waals surface area contributed by atoms with Crippen LogP contribution in [-0.4, -0.2) is 21.8 Å². The molecule has 4 heteroatoms. The lowest BCUT2D eigenvalue weighted by Gasteiger charge is -2.24. The average Bonchev–Trinajstić information content (AvgIpc) is 3.26. The summed E-state index contributed by atoms with van der Waals surface area (Å²) in [7, 11) is 0. The van der Waals surface area contributed by atoms with E-state index in [1.54, 1.807) is 11.8 Å². The van der Waals surface area contributed by atoms with Crippen LogP contribution in [0.1, 0.15) is 31.2 Å². The van der Waals surface area contributed by atoms with Gasteiger partial charge in [0.15, 0.2) is 0 Å². The second-order valence-corrected chi connectivity index (χ2v) is 8.43. The summed E-state index contributed by atoms with van der Waals surface area (Å²) in [4.78, 5) is 3.73. The van der Waals surface area contributed by atoms with Crippen LogP contribution >= 0.6 is 24.0 Å². The SMILES string of the molecule is Fc1ccc(-c2ccc(C=C3CN(C4CCCC4)C(=S)S3)cc2)cc1. The predicted molar refractivity (Wildman–Crippen MR) is 109 cm³/mol. The first-order valence-electron chi connectivity index (χ1n) is 8.74. The van der Waals surface area contributed by atoms with Crippen LogP contribution in [0.5, 0.6) is 0 Å². The van der Waals surface area contributed by atoms with E-state index >= 15 is 0 Å². The van der Waals surface area contributed by atoms with Crippen molar-refractivity contribution in [1.82, 2.24) is 4.90 Å². The zero-order valence-corrected chi connectivity index (χ0v) is 15.6. The Hall–Kier alpha value is -1.65. The number of hydrogen-bond donors (Lipinski definition) is 0. The summed E-state index contributed by atoms with van der Waals surface area (Å²) >= 11 is 7.32. The Balaban J connectivity index is 1.48. The number of benzene rings is 2. The summed E-state index contributed by atoms with van der Waals surface area (Å²) in [5.74, 6) is -0.203. The maximum atomic E-state index is 13.0. The smallest absolute Gasteiger partial charge is 0.141 e. The maximum Gasteiger partial charge on any atom is 0.141 e. The third kappa shape index (κ3) is 3.80. The van der Waals surface area contributed by atoms with Crippen LogP contribution in [0.2, 0.25) is 0 Å². The number of hydrogen-bond acceptors (Lipinski definition) is 2. The van der Waals surface area contributed by atoms with Crippen molar-refractivity contribution in [2.24, 2.45) is 0 Å². The molecule has 2 aromatic rings. The van der Waals surface area contributed by atoms with E-state index in [0.717, 1.165) is 22.0 Å². The van der Waals surface area contributed by atoms with Crippen molar-refractivity contribution in [1.29, 1.82) is 0 Å². The summed E-state index contributed by atoms with van der Waals surface area (Å²) < 4.78 is 14.1. The van der Waals surface area contributed by atoms with Gasteiger partial charge in [-0.25, -0.2) is 4.39 Å². The molecule has 0 radical (unpaired) electrons. The average molecular weight is 370 g/mol. The van der Waals surface area contributed by atoms with E-state index in [2.05, 4.69) is 35.2 Å². The van der Waals surface area contributed by atoms with E-state index in [0.29, 0.717) is 6.04 Å². The quantitative estimate of drug-likeness (QED) is 0.601. The Kier molecular flexibility index (Phi) is 4.91. The van der Waals surface area contributed by atoms with Gasteiger partial charge in [-0.15, -0.1) is 0 Å². The van der Waals surface area contributed by atoms with Gasteiger partial charge in [-0.2, -0.15) is 0 Å². The van der Waals surface area contributed by atoms with Gasteiger partial charge in [0.05, 0.1) is 6.54 Å². The third-order valence-corrected chi connectivity index (χ3v) is 6.36. The second-order valence-electron chi connectivity index (χ2n) is 6.67. The Morgan fingerprint density at radius 2 is 1.56 bits per heavy atom. The second kappa shape index (κ2) is 7.30. The molecular formula is C21H20FNS2. The molecule has 2 aromatic carbocycles. The van der Waals surface area contributed by atoms with Crippen LogP contribution in [0.15, 0.2) is 53.4 Å². The first-order chi connectivity index (χ1) is 12.2.